The van der Waals surface area contributed by atoms with E-state index in [4.69, 9.17) is 4.18 Å². The van der Waals surface area contributed by atoms with Crippen LogP contribution < -0.4 is 4.18 Å². The van der Waals surface area contributed by atoms with Crippen molar-refractivity contribution in [2.45, 2.75) is 5.75 Å². The third-order valence-corrected chi connectivity index (χ3v) is 3.99. The summed E-state index contributed by atoms with van der Waals surface area (Å²) >= 11 is 1.20. The summed E-state index contributed by atoms with van der Waals surface area (Å²) < 4.78 is 5.59. The minimum atomic E-state index is -0.412. The maximum atomic E-state index is 11.2. The van der Waals surface area contributed by atoms with Crippen molar-refractivity contribution in [1.82, 2.24) is 0 Å². The third kappa shape index (κ3) is 3.20. The van der Waals surface area contributed by atoms with E-state index in [0.717, 1.165) is 16.3 Å². The molecule has 3 aromatic rings. The van der Waals surface area contributed by atoms with Crippen molar-refractivity contribution in [3.05, 3.63) is 82.4 Å². The molecule has 0 aliphatic heterocycles. The van der Waals surface area contributed by atoms with E-state index >= 15 is 0 Å². The van der Waals surface area contributed by atoms with Crippen LogP contribution in [-0.2, 0) is 5.75 Å². The van der Waals surface area contributed by atoms with Crippen molar-refractivity contribution in [3.63, 3.8) is 0 Å². The van der Waals surface area contributed by atoms with Crippen LogP contribution in [0, 0.1) is 10.1 Å². The zero-order valence-corrected chi connectivity index (χ0v) is 12.5. The molecule has 0 amide bonds. The summed E-state index contributed by atoms with van der Waals surface area (Å²) in [5.41, 5.74) is 1.09. The molecule has 22 heavy (non-hydrogen) atoms. The van der Waals surface area contributed by atoms with Gasteiger partial charge in [-0.15, -0.1) is 0 Å². The van der Waals surface area contributed by atoms with E-state index in [-0.39, 0.29) is 11.4 Å². The number of hydrogen-bond acceptors (Lipinski definition) is 4. The fourth-order valence-electron chi connectivity index (χ4n) is 2.15. The first-order chi connectivity index (χ1) is 10.7. The largest absolute Gasteiger partial charge is 0.418 e. The zero-order chi connectivity index (χ0) is 15.4. The summed E-state index contributed by atoms with van der Waals surface area (Å²) in [5.74, 6) is 0.912. The molecule has 0 aromatic heterocycles. The van der Waals surface area contributed by atoms with E-state index in [1.165, 1.54) is 12.0 Å². The lowest BCUT2D eigenvalue weighted by molar-refractivity contribution is -0.385. The lowest BCUT2D eigenvalue weighted by Crippen LogP contribution is -1.93. The number of rotatable bonds is 5. The van der Waals surface area contributed by atoms with Gasteiger partial charge in [-0.1, -0.05) is 54.6 Å². The minimum absolute atomic E-state index is 0.0146. The topological polar surface area (TPSA) is 52.4 Å². The monoisotopic (exact) mass is 311 g/mol. The Balaban J connectivity index is 1.82. The highest BCUT2D eigenvalue weighted by Gasteiger charge is 2.17. The highest BCUT2D eigenvalue weighted by atomic mass is 32.2. The van der Waals surface area contributed by atoms with Gasteiger partial charge in [-0.25, -0.2) is 0 Å². The van der Waals surface area contributed by atoms with E-state index in [9.17, 15) is 10.1 Å². The highest BCUT2D eigenvalue weighted by Crippen LogP contribution is 2.34. The molecular weight excluding hydrogens is 298 g/mol. The van der Waals surface area contributed by atoms with Crippen LogP contribution in [0.1, 0.15) is 5.56 Å². The molecule has 5 heteroatoms. The Morgan fingerprint density at radius 1 is 0.955 bits per heavy atom. The molecule has 0 saturated carbocycles. The van der Waals surface area contributed by atoms with Gasteiger partial charge in [0.1, 0.15) is 0 Å². The number of nitro groups is 1. The number of nitro benzene ring substituents is 1. The van der Waals surface area contributed by atoms with Gasteiger partial charge in [0.05, 0.1) is 22.7 Å². The van der Waals surface area contributed by atoms with Crippen LogP contribution in [0.2, 0.25) is 0 Å². The van der Waals surface area contributed by atoms with E-state index in [2.05, 4.69) is 0 Å². The maximum Gasteiger partial charge on any atom is 0.313 e. The molecule has 3 rings (SSSR count). The molecule has 0 aliphatic carbocycles. The smallest absolute Gasteiger partial charge is 0.313 e. The molecule has 0 heterocycles. The summed E-state index contributed by atoms with van der Waals surface area (Å²) in [5, 5.41) is 13.0. The van der Waals surface area contributed by atoms with Crippen molar-refractivity contribution in [2.75, 3.05) is 0 Å². The summed E-state index contributed by atoms with van der Waals surface area (Å²) in [6.07, 6.45) is 0. The quantitative estimate of drug-likeness (QED) is 0.379. The Morgan fingerprint density at radius 3 is 2.27 bits per heavy atom. The molecule has 0 atom stereocenters. The van der Waals surface area contributed by atoms with Crippen molar-refractivity contribution in [2.24, 2.45) is 0 Å². The standard InChI is InChI=1S/C17H13NO3S/c19-18(20)16-10-14-8-4-5-9-15(14)11-17(16)21-22-12-13-6-2-1-3-7-13/h1-11H,12H2. The SMILES string of the molecule is O=[N+]([O-])c1cc2ccccc2cc1OSCc1ccccc1. The molecule has 0 radical (unpaired) electrons. The van der Waals surface area contributed by atoms with Crippen molar-refractivity contribution in [3.8, 4) is 5.75 Å². The average molecular weight is 311 g/mol. The van der Waals surface area contributed by atoms with Crippen LogP contribution in [0.15, 0.2) is 66.7 Å². The molecule has 110 valence electrons. The molecule has 0 unspecified atom stereocenters. The van der Waals surface area contributed by atoms with Crippen molar-refractivity contribution in [1.29, 1.82) is 0 Å². The van der Waals surface area contributed by atoms with E-state index in [1.807, 2.05) is 54.6 Å². The fraction of sp³-hybridized carbons (Fsp3) is 0.0588. The van der Waals surface area contributed by atoms with Crippen molar-refractivity contribution >= 4 is 28.5 Å². The van der Waals surface area contributed by atoms with Gasteiger partial charge in [-0.2, -0.15) is 0 Å². The Labute approximate surface area is 132 Å². The van der Waals surface area contributed by atoms with E-state index in [0.29, 0.717) is 5.75 Å². The van der Waals surface area contributed by atoms with Crippen LogP contribution >= 0.6 is 12.0 Å². The van der Waals surface area contributed by atoms with Gasteiger partial charge in [0.25, 0.3) is 0 Å². The normalized spacial score (nSPS) is 10.5. The van der Waals surface area contributed by atoms with Gasteiger partial charge >= 0.3 is 5.69 Å². The van der Waals surface area contributed by atoms with E-state index in [1.54, 1.807) is 12.1 Å². The van der Waals surface area contributed by atoms with E-state index < -0.39 is 4.92 Å². The molecule has 0 aliphatic rings. The summed E-state index contributed by atoms with van der Waals surface area (Å²) in [6.45, 7) is 0. The van der Waals surface area contributed by atoms with Gasteiger partial charge in [-0.3, -0.25) is 10.1 Å². The zero-order valence-electron chi connectivity index (χ0n) is 11.6. The number of fused-ring (bicyclic) bond motifs is 1. The molecule has 0 N–H and O–H groups in total. The second-order valence-electron chi connectivity index (χ2n) is 4.76. The first-order valence-corrected chi connectivity index (χ1v) is 7.66. The first kappa shape index (κ1) is 14.4. The summed E-state index contributed by atoms with van der Waals surface area (Å²) in [6, 6.07) is 20.6. The Morgan fingerprint density at radius 2 is 1.59 bits per heavy atom. The van der Waals surface area contributed by atoms with Gasteiger partial charge < -0.3 is 4.18 Å². The van der Waals surface area contributed by atoms with Crippen LogP contribution in [0.25, 0.3) is 10.8 Å². The highest BCUT2D eigenvalue weighted by molar-refractivity contribution is 7.94. The van der Waals surface area contributed by atoms with Crippen LogP contribution in [0.4, 0.5) is 5.69 Å². The molecule has 0 spiro atoms. The Bertz CT molecular complexity index is 805. The number of hydrogen-bond donors (Lipinski definition) is 0. The van der Waals surface area contributed by atoms with Crippen LogP contribution in [0.5, 0.6) is 5.75 Å². The lowest BCUT2D eigenvalue weighted by Gasteiger charge is -2.07. The third-order valence-electron chi connectivity index (χ3n) is 3.24. The Hall–Kier alpha value is -2.53. The van der Waals surface area contributed by atoms with Crippen LogP contribution in [-0.4, -0.2) is 4.92 Å². The molecular formula is C17H13NO3S. The Kier molecular flexibility index (Phi) is 4.25. The predicted octanol–water partition coefficient (Wildman–Crippen LogP) is 4.98. The molecule has 3 aromatic carbocycles. The van der Waals surface area contributed by atoms with Gasteiger partial charge in [0, 0.05) is 6.07 Å². The lowest BCUT2D eigenvalue weighted by atomic mass is 10.1. The van der Waals surface area contributed by atoms with Gasteiger partial charge in [-0.05, 0) is 22.4 Å². The first-order valence-electron chi connectivity index (χ1n) is 6.74. The summed E-state index contributed by atoms with van der Waals surface area (Å²) in [7, 11) is 0. The summed E-state index contributed by atoms with van der Waals surface area (Å²) in [4.78, 5) is 10.8. The predicted molar refractivity (Wildman–Crippen MR) is 89.0 cm³/mol. The number of nitrogens with zero attached hydrogens (tertiary/aromatic N) is 1. The van der Waals surface area contributed by atoms with Crippen LogP contribution in [0.3, 0.4) is 0 Å². The van der Waals surface area contributed by atoms with Crippen molar-refractivity contribution < 1.29 is 9.11 Å². The molecule has 0 fully saturated rings. The maximum absolute atomic E-state index is 11.2. The molecule has 4 nitrogen and oxygen atoms in total. The average Bonchev–Trinajstić information content (AvgIpc) is 2.55. The molecule has 0 saturated heterocycles. The van der Waals surface area contributed by atoms with Gasteiger partial charge in [0.2, 0.25) is 5.75 Å². The second kappa shape index (κ2) is 6.49. The minimum Gasteiger partial charge on any atom is -0.418 e. The van der Waals surface area contributed by atoms with Gasteiger partial charge in [0.15, 0.2) is 0 Å². The molecule has 0 bridgehead atoms. The fourth-order valence-corrected chi connectivity index (χ4v) is 2.80. The number of benzene rings is 3. The second-order valence-corrected chi connectivity index (χ2v) is 5.45.